The first kappa shape index (κ1) is 11.9. The molecule has 1 unspecified atom stereocenters. The summed E-state index contributed by atoms with van der Waals surface area (Å²) in [5, 5.41) is 12.6. The van der Waals surface area contributed by atoms with Gasteiger partial charge in [-0.3, -0.25) is 4.98 Å². The molecule has 0 radical (unpaired) electrons. The molecule has 0 aliphatic carbocycles. The highest BCUT2D eigenvalue weighted by Gasteiger charge is 2.18. The van der Waals surface area contributed by atoms with Crippen LogP contribution in [0.2, 0.25) is 0 Å². The average molecular weight is 230 g/mol. The molecule has 1 atom stereocenters. The van der Waals surface area contributed by atoms with Crippen LogP contribution in [0, 0.1) is 11.3 Å². The molecule has 1 saturated heterocycles. The molecule has 17 heavy (non-hydrogen) atoms. The van der Waals surface area contributed by atoms with E-state index in [1.807, 2.05) is 0 Å². The Morgan fingerprint density at radius 3 is 3.18 bits per heavy atom. The minimum absolute atomic E-state index is 0.543. The third-order valence-electron chi connectivity index (χ3n) is 3.25. The summed E-state index contributed by atoms with van der Waals surface area (Å²) in [4.78, 5) is 6.35. The molecular weight excluding hydrogens is 212 g/mol. The third-order valence-corrected chi connectivity index (χ3v) is 3.25. The number of anilines is 1. The van der Waals surface area contributed by atoms with Gasteiger partial charge < -0.3 is 10.2 Å². The van der Waals surface area contributed by atoms with Gasteiger partial charge in [-0.15, -0.1) is 0 Å². The first-order valence-corrected chi connectivity index (χ1v) is 6.17. The van der Waals surface area contributed by atoms with Gasteiger partial charge in [-0.1, -0.05) is 0 Å². The van der Waals surface area contributed by atoms with Crippen molar-refractivity contribution in [2.24, 2.45) is 0 Å². The number of nitriles is 1. The average Bonchev–Trinajstić information content (AvgIpc) is 2.89. The van der Waals surface area contributed by atoms with Crippen molar-refractivity contribution in [3.8, 4) is 6.07 Å². The highest BCUT2D eigenvalue weighted by atomic mass is 15.2. The van der Waals surface area contributed by atoms with E-state index in [0.29, 0.717) is 11.6 Å². The molecule has 4 nitrogen and oxygen atoms in total. The van der Waals surface area contributed by atoms with Crippen molar-refractivity contribution in [2.45, 2.75) is 25.8 Å². The van der Waals surface area contributed by atoms with E-state index in [-0.39, 0.29) is 0 Å². The van der Waals surface area contributed by atoms with Crippen LogP contribution in [0.4, 0.5) is 5.69 Å². The van der Waals surface area contributed by atoms with Crippen molar-refractivity contribution < 1.29 is 0 Å². The van der Waals surface area contributed by atoms with Crippen LogP contribution in [0.25, 0.3) is 0 Å². The molecule has 4 heteroatoms. The summed E-state index contributed by atoms with van der Waals surface area (Å²) in [5.74, 6) is 0. The van der Waals surface area contributed by atoms with Gasteiger partial charge in [0.2, 0.25) is 0 Å². The standard InChI is InChI=1S/C13H18N4/c1-2-17(10-12-4-3-6-16-12)13-9-15-7-5-11(13)8-14/h5,7,9,12,16H,2-4,6,10H2,1H3. The minimum Gasteiger partial charge on any atom is -0.368 e. The number of rotatable bonds is 4. The Hall–Kier alpha value is -1.60. The van der Waals surface area contributed by atoms with Crippen molar-refractivity contribution in [3.05, 3.63) is 24.0 Å². The van der Waals surface area contributed by atoms with Gasteiger partial charge in [0, 0.05) is 25.3 Å². The monoisotopic (exact) mass is 230 g/mol. The molecule has 1 N–H and O–H groups in total. The zero-order valence-electron chi connectivity index (χ0n) is 10.2. The molecule has 1 aliphatic heterocycles. The zero-order valence-corrected chi connectivity index (χ0v) is 10.2. The fraction of sp³-hybridized carbons (Fsp3) is 0.538. The number of likely N-dealkylation sites (N-methyl/N-ethyl adjacent to an activating group) is 1. The van der Waals surface area contributed by atoms with Crippen LogP contribution in [0.15, 0.2) is 18.5 Å². The summed E-state index contributed by atoms with van der Waals surface area (Å²) in [6.45, 7) is 5.08. The lowest BCUT2D eigenvalue weighted by molar-refractivity contribution is 0.586. The molecule has 1 aromatic heterocycles. The number of pyridine rings is 1. The third kappa shape index (κ3) is 2.75. The summed E-state index contributed by atoms with van der Waals surface area (Å²) in [6.07, 6.45) is 5.93. The van der Waals surface area contributed by atoms with E-state index < -0.39 is 0 Å². The maximum Gasteiger partial charge on any atom is 0.101 e. The van der Waals surface area contributed by atoms with Crippen LogP contribution >= 0.6 is 0 Å². The Labute approximate surface area is 102 Å². The van der Waals surface area contributed by atoms with Crippen LogP contribution in [-0.4, -0.2) is 30.7 Å². The van der Waals surface area contributed by atoms with Crippen LogP contribution in [0.5, 0.6) is 0 Å². The van der Waals surface area contributed by atoms with Gasteiger partial charge in [0.1, 0.15) is 6.07 Å². The van der Waals surface area contributed by atoms with Crippen molar-refractivity contribution in [1.29, 1.82) is 5.26 Å². The summed E-state index contributed by atoms with van der Waals surface area (Å²) < 4.78 is 0. The van der Waals surface area contributed by atoms with Crippen molar-refractivity contribution in [1.82, 2.24) is 10.3 Å². The Bertz CT molecular complexity index is 404. The summed E-state index contributed by atoms with van der Waals surface area (Å²) in [6, 6.07) is 4.55. The Morgan fingerprint density at radius 2 is 2.53 bits per heavy atom. The molecule has 90 valence electrons. The van der Waals surface area contributed by atoms with Crippen LogP contribution in [-0.2, 0) is 0 Å². The molecule has 0 bridgehead atoms. The summed E-state index contributed by atoms with van der Waals surface area (Å²) >= 11 is 0. The Kier molecular flexibility index (Phi) is 3.94. The maximum absolute atomic E-state index is 9.10. The molecule has 1 aromatic rings. The SMILES string of the molecule is CCN(CC1CCCN1)c1cnccc1C#N. The quantitative estimate of drug-likeness (QED) is 0.852. The summed E-state index contributed by atoms with van der Waals surface area (Å²) in [7, 11) is 0. The number of hydrogen-bond acceptors (Lipinski definition) is 4. The van der Waals surface area contributed by atoms with Crippen molar-refractivity contribution >= 4 is 5.69 Å². The molecule has 2 heterocycles. The van der Waals surface area contributed by atoms with E-state index in [1.165, 1.54) is 12.8 Å². The predicted octanol–water partition coefficient (Wildman–Crippen LogP) is 1.53. The lowest BCUT2D eigenvalue weighted by Gasteiger charge is -2.26. The van der Waals surface area contributed by atoms with Gasteiger partial charge in [0.15, 0.2) is 0 Å². The highest BCUT2D eigenvalue weighted by Crippen LogP contribution is 2.19. The lowest BCUT2D eigenvalue weighted by atomic mass is 10.1. The first-order chi connectivity index (χ1) is 8.35. The number of nitrogens with zero attached hydrogens (tertiary/aromatic N) is 3. The van der Waals surface area contributed by atoms with E-state index in [0.717, 1.165) is 25.3 Å². The van der Waals surface area contributed by atoms with Crippen LogP contribution in [0.1, 0.15) is 25.3 Å². The van der Waals surface area contributed by atoms with E-state index in [9.17, 15) is 0 Å². The molecule has 0 spiro atoms. The van der Waals surface area contributed by atoms with Gasteiger partial charge >= 0.3 is 0 Å². The number of aromatic nitrogens is 1. The molecule has 2 rings (SSSR count). The van der Waals surface area contributed by atoms with E-state index >= 15 is 0 Å². The van der Waals surface area contributed by atoms with Gasteiger partial charge in [-0.25, -0.2) is 0 Å². The fourth-order valence-electron chi connectivity index (χ4n) is 2.31. The largest absolute Gasteiger partial charge is 0.368 e. The Balaban J connectivity index is 2.14. The molecule has 1 aliphatic rings. The second kappa shape index (κ2) is 5.65. The van der Waals surface area contributed by atoms with Gasteiger partial charge in [0.25, 0.3) is 0 Å². The van der Waals surface area contributed by atoms with Gasteiger partial charge in [0.05, 0.1) is 17.4 Å². The predicted molar refractivity (Wildman–Crippen MR) is 67.9 cm³/mol. The highest BCUT2D eigenvalue weighted by molar-refractivity contribution is 5.57. The first-order valence-electron chi connectivity index (χ1n) is 6.17. The second-order valence-electron chi connectivity index (χ2n) is 4.34. The smallest absolute Gasteiger partial charge is 0.101 e. The number of hydrogen-bond donors (Lipinski definition) is 1. The molecule has 1 fully saturated rings. The minimum atomic E-state index is 0.543. The van der Waals surface area contributed by atoms with E-state index in [1.54, 1.807) is 18.5 Å². The van der Waals surface area contributed by atoms with E-state index in [4.69, 9.17) is 5.26 Å². The van der Waals surface area contributed by atoms with Gasteiger partial charge in [-0.2, -0.15) is 5.26 Å². The lowest BCUT2D eigenvalue weighted by Crippen LogP contribution is -2.37. The molecular formula is C13H18N4. The van der Waals surface area contributed by atoms with Crippen LogP contribution in [0.3, 0.4) is 0 Å². The Morgan fingerprint density at radius 1 is 1.65 bits per heavy atom. The van der Waals surface area contributed by atoms with Gasteiger partial charge in [-0.05, 0) is 32.4 Å². The molecule has 0 aromatic carbocycles. The topological polar surface area (TPSA) is 52.0 Å². The molecule has 0 saturated carbocycles. The van der Waals surface area contributed by atoms with Crippen molar-refractivity contribution in [3.63, 3.8) is 0 Å². The molecule has 0 amide bonds. The zero-order chi connectivity index (χ0) is 12.1. The van der Waals surface area contributed by atoms with Crippen molar-refractivity contribution in [2.75, 3.05) is 24.5 Å². The number of nitrogens with one attached hydrogen (secondary N) is 1. The summed E-state index contributed by atoms with van der Waals surface area (Å²) in [5.41, 5.74) is 1.66. The fourth-order valence-corrected chi connectivity index (χ4v) is 2.31. The van der Waals surface area contributed by atoms with Crippen LogP contribution < -0.4 is 10.2 Å². The normalized spacial score (nSPS) is 18.9. The second-order valence-corrected chi connectivity index (χ2v) is 4.34. The van der Waals surface area contributed by atoms with E-state index in [2.05, 4.69) is 28.2 Å². The maximum atomic E-state index is 9.10.